The van der Waals surface area contributed by atoms with Gasteiger partial charge in [0.05, 0.1) is 6.04 Å². The van der Waals surface area contributed by atoms with Crippen LogP contribution in [0.25, 0.3) is 0 Å². The first-order valence-electron chi connectivity index (χ1n) is 10.6. The van der Waals surface area contributed by atoms with Gasteiger partial charge in [-0.25, -0.2) is 0 Å². The summed E-state index contributed by atoms with van der Waals surface area (Å²) in [5, 5.41) is 3.12. The maximum Gasteiger partial charge on any atom is 0.253 e. The molecule has 1 N–H and O–H groups in total. The minimum Gasteiger partial charge on any atom is -0.486 e. The molecule has 0 aliphatic carbocycles. The SMILES string of the molecule is Cc1ccc(C(=O)N2CCC(C(=O)NC(C)c3ccc4c(c3)OCCO4)CC2)cc1. The second-order valence-electron chi connectivity index (χ2n) is 8.07. The number of hydrogen-bond acceptors (Lipinski definition) is 4. The molecule has 0 aromatic heterocycles. The highest BCUT2D eigenvalue weighted by atomic mass is 16.6. The summed E-state index contributed by atoms with van der Waals surface area (Å²) in [5.41, 5.74) is 2.82. The van der Waals surface area contributed by atoms with E-state index < -0.39 is 0 Å². The zero-order valence-corrected chi connectivity index (χ0v) is 17.5. The van der Waals surface area contributed by atoms with Crippen LogP contribution in [0.5, 0.6) is 11.5 Å². The molecule has 1 atom stereocenters. The van der Waals surface area contributed by atoms with Crippen molar-refractivity contribution in [3.8, 4) is 11.5 Å². The van der Waals surface area contributed by atoms with Gasteiger partial charge >= 0.3 is 0 Å². The second-order valence-corrected chi connectivity index (χ2v) is 8.07. The second kappa shape index (κ2) is 8.78. The molecule has 0 bridgehead atoms. The van der Waals surface area contributed by atoms with Gasteiger partial charge in [-0.3, -0.25) is 9.59 Å². The summed E-state index contributed by atoms with van der Waals surface area (Å²) in [6.45, 7) is 6.27. The molecule has 1 fully saturated rings. The van der Waals surface area contributed by atoms with Crippen molar-refractivity contribution in [1.82, 2.24) is 10.2 Å². The molecule has 2 aromatic carbocycles. The van der Waals surface area contributed by atoms with Crippen LogP contribution in [0.2, 0.25) is 0 Å². The number of carbonyl (C=O) groups excluding carboxylic acids is 2. The summed E-state index contributed by atoms with van der Waals surface area (Å²) in [4.78, 5) is 27.3. The van der Waals surface area contributed by atoms with Gasteiger partial charge in [0.15, 0.2) is 11.5 Å². The highest BCUT2D eigenvalue weighted by Crippen LogP contribution is 2.32. The number of nitrogens with one attached hydrogen (secondary N) is 1. The van der Waals surface area contributed by atoms with Gasteiger partial charge in [0.25, 0.3) is 5.91 Å². The number of fused-ring (bicyclic) bond motifs is 1. The molecule has 4 rings (SSSR count). The number of aryl methyl sites for hydroxylation is 1. The molecule has 158 valence electrons. The third-order valence-electron chi connectivity index (χ3n) is 5.88. The van der Waals surface area contributed by atoms with Crippen molar-refractivity contribution in [3.05, 3.63) is 59.2 Å². The first-order chi connectivity index (χ1) is 14.5. The lowest BCUT2D eigenvalue weighted by Crippen LogP contribution is -2.43. The van der Waals surface area contributed by atoms with Crippen LogP contribution in [-0.2, 0) is 4.79 Å². The molecule has 1 unspecified atom stereocenters. The highest BCUT2D eigenvalue weighted by molar-refractivity contribution is 5.94. The van der Waals surface area contributed by atoms with Crippen LogP contribution in [0.15, 0.2) is 42.5 Å². The zero-order chi connectivity index (χ0) is 21.1. The van der Waals surface area contributed by atoms with Gasteiger partial charge in [-0.05, 0) is 56.5 Å². The molecule has 6 heteroatoms. The summed E-state index contributed by atoms with van der Waals surface area (Å²) < 4.78 is 11.2. The number of hydrogen-bond donors (Lipinski definition) is 1. The van der Waals surface area contributed by atoms with Crippen molar-refractivity contribution in [2.45, 2.75) is 32.7 Å². The van der Waals surface area contributed by atoms with E-state index in [1.165, 1.54) is 0 Å². The summed E-state index contributed by atoms with van der Waals surface area (Å²) in [6.07, 6.45) is 1.36. The lowest BCUT2D eigenvalue weighted by atomic mass is 9.94. The standard InChI is InChI=1S/C24H28N2O4/c1-16-3-5-19(6-4-16)24(28)26-11-9-18(10-12-26)23(27)25-17(2)20-7-8-21-22(15-20)30-14-13-29-21/h3-8,15,17-18H,9-14H2,1-2H3,(H,25,27). The zero-order valence-electron chi connectivity index (χ0n) is 17.5. The van der Waals surface area contributed by atoms with Crippen molar-refractivity contribution in [2.75, 3.05) is 26.3 Å². The van der Waals surface area contributed by atoms with Crippen molar-refractivity contribution >= 4 is 11.8 Å². The Morgan fingerprint density at radius 2 is 1.67 bits per heavy atom. The Hall–Kier alpha value is -3.02. The summed E-state index contributed by atoms with van der Waals surface area (Å²) in [7, 11) is 0. The lowest BCUT2D eigenvalue weighted by Gasteiger charge is -2.32. The molecule has 0 radical (unpaired) electrons. The molecule has 0 saturated carbocycles. The summed E-state index contributed by atoms with van der Waals surface area (Å²) in [5.74, 6) is 1.47. The molecule has 2 aromatic rings. The Bertz CT molecular complexity index is 917. The maximum atomic E-state index is 12.8. The van der Waals surface area contributed by atoms with E-state index in [1.54, 1.807) is 0 Å². The topological polar surface area (TPSA) is 67.9 Å². The fourth-order valence-corrected chi connectivity index (χ4v) is 3.97. The molecular weight excluding hydrogens is 380 g/mol. The predicted molar refractivity (Wildman–Crippen MR) is 114 cm³/mol. The van der Waals surface area contributed by atoms with Crippen LogP contribution in [0.3, 0.4) is 0 Å². The number of ether oxygens (including phenoxy) is 2. The largest absolute Gasteiger partial charge is 0.486 e. The molecule has 2 aliphatic heterocycles. The molecule has 2 aliphatic rings. The smallest absolute Gasteiger partial charge is 0.253 e. The first kappa shape index (κ1) is 20.3. The number of likely N-dealkylation sites (tertiary alicyclic amines) is 1. The average molecular weight is 408 g/mol. The Morgan fingerprint density at radius 3 is 2.37 bits per heavy atom. The van der Waals surface area contributed by atoms with E-state index in [0.717, 1.165) is 22.6 Å². The molecule has 2 heterocycles. The first-order valence-corrected chi connectivity index (χ1v) is 10.6. The maximum absolute atomic E-state index is 12.8. The number of nitrogens with zero attached hydrogens (tertiary/aromatic N) is 1. The quantitative estimate of drug-likeness (QED) is 0.841. The van der Waals surface area contributed by atoms with Gasteiger partial charge in [0.1, 0.15) is 13.2 Å². The van der Waals surface area contributed by atoms with E-state index in [4.69, 9.17) is 9.47 Å². The van der Waals surface area contributed by atoms with Crippen LogP contribution < -0.4 is 14.8 Å². The van der Waals surface area contributed by atoms with Crippen molar-refractivity contribution in [3.63, 3.8) is 0 Å². The Balaban J connectivity index is 1.31. The van der Waals surface area contributed by atoms with Crippen molar-refractivity contribution < 1.29 is 19.1 Å². The monoisotopic (exact) mass is 408 g/mol. The molecule has 6 nitrogen and oxygen atoms in total. The number of amides is 2. The minimum absolute atomic E-state index is 0.0403. The number of carbonyl (C=O) groups is 2. The van der Waals surface area contributed by atoms with E-state index >= 15 is 0 Å². The third kappa shape index (κ3) is 4.42. The lowest BCUT2D eigenvalue weighted by molar-refractivity contribution is -0.127. The normalized spacial score (nSPS) is 17.3. The summed E-state index contributed by atoms with van der Waals surface area (Å²) in [6, 6.07) is 13.3. The fourth-order valence-electron chi connectivity index (χ4n) is 3.97. The molecule has 2 amide bonds. The average Bonchev–Trinajstić information content (AvgIpc) is 2.79. The Kier molecular flexibility index (Phi) is 5.93. The number of rotatable bonds is 4. The van der Waals surface area contributed by atoms with Gasteiger partial charge in [-0.15, -0.1) is 0 Å². The van der Waals surface area contributed by atoms with Crippen LogP contribution in [0.4, 0.5) is 0 Å². The van der Waals surface area contributed by atoms with Crippen molar-refractivity contribution in [2.24, 2.45) is 5.92 Å². The van der Waals surface area contributed by atoms with E-state index in [1.807, 2.05) is 61.2 Å². The Labute approximate surface area is 177 Å². The van der Waals surface area contributed by atoms with Gasteiger partial charge in [0.2, 0.25) is 5.91 Å². The predicted octanol–water partition coefficient (Wildman–Crippen LogP) is 3.50. The molecule has 30 heavy (non-hydrogen) atoms. The van der Waals surface area contributed by atoms with E-state index in [9.17, 15) is 9.59 Å². The van der Waals surface area contributed by atoms with Crippen LogP contribution in [0.1, 0.15) is 47.3 Å². The van der Waals surface area contributed by atoms with Gasteiger partial charge < -0.3 is 19.7 Å². The van der Waals surface area contributed by atoms with E-state index in [0.29, 0.717) is 44.7 Å². The van der Waals surface area contributed by atoms with Crippen LogP contribution >= 0.6 is 0 Å². The fraction of sp³-hybridized carbons (Fsp3) is 0.417. The van der Waals surface area contributed by atoms with E-state index in [2.05, 4.69) is 5.32 Å². The van der Waals surface area contributed by atoms with Gasteiger partial charge in [-0.2, -0.15) is 0 Å². The minimum atomic E-state index is -0.124. The molecule has 1 saturated heterocycles. The van der Waals surface area contributed by atoms with Crippen molar-refractivity contribution in [1.29, 1.82) is 0 Å². The number of piperidine rings is 1. The van der Waals surface area contributed by atoms with Crippen LogP contribution in [0, 0.1) is 12.8 Å². The van der Waals surface area contributed by atoms with E-state index in [-0.39, 0.29) is 23.8 Å². The molecular formula is C24H28N2O4. The highest BCUT2D eigenvalue weighted by Gasteiger charge is 2.28. The number of benzene rings is 2. The third-order valence-corrected chi connectivity index (χ3v) is 5.88. The van der Waals surface area contributed by atoms with Gasteiger partial charge in [-0.1, -0.05) is 23.8 Å². The summed E-state index contributed by atoms with van der Waals surface area (Å²) >= 11 is 0. The van der Waals surface area contributed by atoms with Gasteiger partial charge in [0, 0.05) is 24.6 Å². The van der Waals surface area contributed by atoms with Crippen LogP contribution in [-0.4, -0.2) is 43.0 Å². The Morgan fingerprint density at radius 1 is 1.00 bits per heavy atom. The molecule has 0 spiro atoms.